The van der Waals surface area contributed by atoms with Gasteiger partial charge in [0.15, 0.2) is 0 Å². The van der Waals surface area contributed by atoms with Crippen LogP contribution in [0.25, 0.3) is 0 Å². The SMILES string of the molecule is CC1=NC(C)=C(C)OC1C. The van der Waals surface area contributed by atoms with E-state index in [1.54, 1.807) is 0 Å². The molecule has 0 aromatic carbocycles. The summed E-state index contributed by atoms with van der Waals surface area (Å²) in [4.78, 5) is 4.32. The van der Waals surface area contributed by atoms with E-state index >= 15 is 0 Å². The average Bonchev–Trinajstić information content (AvgIpc) is 1.84. The summed E-state index contributed by atoms with van der Waals surface area (Å²) in [5.41, 5.74) is 2.05. The van der Waals surface area contributed by atoms with Gasteiger partial charge in [0.2, 0.25) is 0 Å². The minimum Gasteiger partial charge on any atom is -0.488 e. The van der Waals surface area contributed by atoms with E-state index in [0.29, 0.717) is 0 Å². The van der Waals surface area contributed by atoms with Gasteiger partial charge in [-0.3, -0.25) is 4.99 Å². The monoisotopic (exact) mass is 139 g/mol. The minimum absolute atomic E-state index is 0.156. The quantitative estimate of drug-likeness (QED) is 0.503. The Morgan fingerprint density at radius 1 is 1.30 bits per heavy atom. The van der Waals surface area contributed by atoms with Gasteiger partial charge in [-0.05, 0) is 27.7 Å². The molecular formula is C8H13NO. The molecule has 0 radical (unpaired) electrons. The number of nitrogens with zero attached hydrogens (tertiary/aromatic N) is 1. The van der Waals surface area contributed by atoms with Crippen LogP contribution in [0.15, 0.2) is 16.4 Å². The second-order valence-electron chi connectivity index (χ2n) is 2.65. The molecule has 0 aromatic heterocycles. The zero-order chi connectivity index (χ0) is 7.72. The lowest BCUT2D eigenvalue weighted by Gasteiger charge is -2.20. The van der Waals surface area contributed by atoms with Crippen LogP contribution in [0.2, 0.25) is 0 Å². The van der Waals surface area contributed by atoms with Crippen LogP contribution in [0, 0.1) is 0 Å². The maximum absolute atomic E-state index is 5.46. The van der Waals surface area contributed by atoms with Crippen molar-refractivity contribution in [1.29, 1.82) is 0 Å². The number of allylic oxidation sites excluding steroid dienone is 2. The lowest BCUT2D eigenvalue weighted by Crippen LogP contribution is -2.21. The molecule has 1 rings (SSSR count). The van der Waals surface area contributed by atoms with Gasteiger partial charge in [0, 0.05) is 0 Å². The Balaban J connectivity index is 2.88. The van der Waals surface area contributed by atoms with Crippen LogP contribution in [0.5, 0.6) is 0 Å². The Hall–Kier alpha value is -0.790. The van der Waals surface area contributed by atoms with Crippen molar-refractivity contribution in [2.75, 3.05) is 0 Å². The van der Waals surface area contributed by atoms with Crippen molar-refractivity contribution in [3.05, 3.63) is 11.5 Å². The molecule has 56 valence electrons. The fraction of sp³-hybridized carbons (Fsp3) is 0.625. The number of hydrogen-bond acceptors (Lipinski definition) is 2. The van der Waals surface area contributed by atoms with Crippen molar-refractivity contribution in [1.82, 2.24) is 0 Å². The third kappa shape index (κ3) is 1.20. The van der Waals surface area contributed by atoms with Crippen molar-refractivity contribution >= 4 is 5.71 Å². The molecule has 1 heterocycles. The highest BCUT2D eigenvalue weighted by atomic mass is 16.5. The second-order valence-corrected chi connectivity index (χ2v) is 2.65. The van der Waals surface area contributed by atoms with Crippen LogP contribution >= 0.6 is 0 Å². The summed E-state index contributed by atoms with van der Waals surface area (Å²) in [7, 11) is 0. The summed E-state index contributed by atoms with van der Waals surface area (Å²) in [6.45, 7) is 7.90. The molecule has 0 saturated carbocycles. The van der Waals surface area contributed by atoms with E-state index in [0.717, 1.165) is 17.2 Å². The van der Waals surface area contributed by atoms with Gasteiger partial charge >= 0.3 is 0 Å². The zero-order valence-electron chi connectivity index (χ0n) is 6.93. The first-order chi connectivity index (χ1) is 4.61. The first-order valence-electron chi connectivity index (χ1n) is 3.50. The van der Waals surface area contributed by atoms with Crippen molar-refractivity contribution in [3.63, 3.8) is 0 Å². The Morgan fingerprint density at radius 2 is 1.90 bits per heavy atom. The molecule has 0 bridgehead atoms. The smallest absolute Gasteiger partial charge is 0.133 e. The summed E-state index contributed by atoms with van der Waals surface area (Å²) >= 11 is 0. The predicted octanol–water partition coefficient (Wildman–Crippen LogP) is 2.12. The summed E-state index contributed by atoms with van der Waals surface area (Å²) in [6.07, 6.45) is 0.156. The van der Waals surface area contributed by atoms with Crippen molar-refractivity contribution < 1.29 is 4.74 Å². The first-order valence-corrected chi connectivity index (χ1v) is 3.50. The van der Waals surface area contributed by atoms with E-state index < -0.39 is 0 Å². The lowest BCUT2D eigenvalue weighted by atomic mass is 10.2. The number of rotatable bonds is 0. The van der Waals surface area contributed by atoms with E-state index in [9.17, 15) is 0 Å². The average molecular weight is 139 g/mol. The molecule has 0 saturated heterocycles. The Bertz CT molecular complexity index is 203. The van der Waals surface area contributed by atoms with Gasteiger partial charge in [-0.15, -0.1) is 0 Å². The normalized spacial score (nSPS) is 26.0. The highest BCUT2D eigenvalue weighted by Gasteiger charge is 2.13. The fourth-order valence-corrected chi connectivity index (χ4v) is 0.870. The molecule has 0 fully saturated rings. The molecule has 0 spiro atoms. The van der Waals surface area contributed by atoms with E-state index in [2.05, 4.69) is 4.99 Å². The third-order valence-corrected chi connectivity index (χ3v) is 1.80. The maximum Gasteiger partial charge on any atom is 0.133 e. The number of ether oxygens (including phenoxy) is 1. The number of aliphatic imine (C=N–C) groups is 1. The highest BCUT2D eigenvalue weighted by Crippen LogP contribution is 2.16. The van der Waals surface area contributed by atoms with Crippen LogP contribution in [0.1, 0.15) is 27.7 Å². The molecule has 10 heavy (non-hydrogen) atoms. The standard InChI is InChI=1S/C8H13NO/c1-5-7(3)10-8(4)6(2)9-5/h7H,1-4H3. The Morgan fingerprint density at radius 3 is 2.40 bits per heavy atom. The van der Waals surface area contributed by atoms with Crippen molar-refractivity contribution in [3.8, 4) is 0 Å². The summed E-state index contributed by atoms with van der Waals surface area (Å²) in [5.74, 6) is 0.943. The van der Waals surface area contributed by atoms with Gasteiger partial charge < -0.3 is 4.74 Å². The van der Waals surface area contributed by atoms with Gasteiger partial charge in [0.1, 0.15) is 11.9 Å². The maximum atomic E-state index is 5.46. The molecule has 0 N–H and O–H groups in total. The van der Waals surface area contributed by atoms with Crippen LogP contribution in [0.3, 0.4) is 0 Å². The summed E-state index contributed by atoms with van der Waals surface area (Å²) in [6, 6.07) is 0. The van der Waals surface area contributed by atoms with E-state index in [1.165, 1.54) is 0 Å². The first kappa shape index (κ1) is 7.32. The Labute approximate surface area is 61.6 Å². The van der Waals surface area contributed by atoms with Gasteiger partial charge in [-0.2, -0.15) is 0 Å². The van der Waals surface area contributed by atoms with Crippen LogP contribution in [0.4, 0.5) is 0 Å². The fourth-order valence-electron chi connectivity index (χ4n) is 0.870. The van der Waals surface area contributed by atoms with E-state index in [4.69, 9.17) is 4.74 Å². The lowest BCUT2D eigenvalue weighted by molar-refractivity contribution is 0.176. The summed E-state index contributed by atoms with van der Waals surface area (Å²) < 4.78 is 5.46. The molecule has 1 unspecified atom stereocenters. The summed E-state index contributed by atoms with van der Waals surface area (Å²) in [5, 5.41) is 0. The largest absolute Gasteiger partial charge is 0.488 e. The van der Waals surface area contributed by atoms with Crippen LogP contribution < -0.4 is 0 Å². The third-order valence-electron chi connectivity index (χ3n) is 1.80. The highest BCUT2D eigenvalue weighted by molar-refractivity contribution is 5.87. The van der Waals surface area contributed by atoms with Gasteiger partial charge in [0.05, 0.1) is 11.4 Å². The van der Waals surface area contributed by atoms with Gasteiger partial charge in [-0.1, -0.05) is 0 Å². The molecule has 1 aliphatic rings. The molecular weight excluding hydrogens is 126 g/mol. The van der Waals surface area contributed by atoms with E-state index in [1.807, 2.05) is 27.7 Å². The minimum atomic E-state index is 0.156. The molecule has 0 aliphatic carbocycles. The molecule has 0 amide bonds. The molecule has 2 nitrogen and oxygen atoms in total. The zero-order valence-corrected chi connectivity index (χ0v) is 6.93. The predicted molar refractivity (Wildman–Crippen MR) is 42.0 cm³/mol. The van der Waals surface area contributed by atoms with Crippen molar-refractivity contribution in [2.45, 2.75) is 33.8 Å². The van der Waals surface area contributed by atoms with Crippen molar-refractivity contribution in [2.24, 2.45) is 4.99 Å². The number of hydrogen-bond donors (Lipinski definition) is 0. The van der Waals surface area contributed by atoms with Gasteiger partial charge in [-0.25, -0.2) is 0 Å². The van der Waals surface area contributed by atoms with E-state index in [-0.39, 0.29) is 6.10 Å². The van der Waals surface area contributed by atoms with Crippen LogP contribution in [-0.4, -0.2) is 11.8 Å². The molecule has 1 aliphatic heterocycles. The second kappa shape index (κ2) is 2.45. The molecule has 0 aromatic rings. The molecule has 2 heteroatoms. The topological polar surface area (TPSA) is 21.6 Å². The Kier molecular flexibility index (Phi) is 1.79. The molecule has 1 atom stereocenters. The van der Waals surface area contributed by atoms with Gasteiger partial charge in [0.25, 0.3) is 0 Å². The van der Waals surface area contributed by atoms with Crippen LogP contribution in [-0.2, 0) is 4.74 Å².